The molecule has 0 aromatic heterocycles. The smallest absolute Gasteiger partial charge is 0.343 e. The molecule has 0 N–H and O–H groups in total. The maximum Gasteiger partial charge on any atom is 0.343 e. The lowest BCUT2D eigenvalue weighted by atomic mass is 10.1. The number of hydrogen-bond donors (Lipinski definition) is 0. The molecule has 0 unspecified atom stereocenters. The Morgan fingerprint density at radius 2 is 1.72 bits per heavy atom. The standard InChI is InChI=1S/C28H25NO6S/c1-18-7-10-22(11-8-18)34-14-13-29-26(30)25(36-28(29)32)17-20-9-12-23(24(16-20)33-3)35-27(31)21-6-4-5-19(2)15-21/h4-12,15-17H,13-14H2,1-3H3/b25-17-. The van der Waals surface area contributed by atoms with Crippen molar-refractivity contribution in [2.75, 3.05) is 20.3 Å². The molecule has 0 aliphatic carbocycles. The van der Waals surface area contributed by atoms with E-state index in [1.54, 1.807) is 42.5 Å². The van der Waals surface area contributed by atoms with Gasteiger partial charge >= 0.3 is 5.97 Å². The SMILES string of the molecule is COc1cc(/C=C2\SC(=O)N(CCOc3ccc(C)cc3)C2=O)ccc1OC(=O)c1cccc(C)c1. The highest BCUT2D eigenvalue weighted by Crippen LogP contribution is 2.34. The maximum atomic E-state index is 12.8. The highest BCUT2D eigenvalue weighted by Gasteiger charge is 2.34. The minimum absolute atomic E-state index is 0.146. The minimum Gasteiger partial charge on any atom is -0.493 e. The van der Waals surface area contributed by atoms with Crippen molar-refractivity contribution in [3.63, 3.8) is 0 Å². The van der Waals surface area contributed by atoms with Crippen LogP contribution in [0.5, 0.6) is 17.2 Å². The fraction of sp³-hybridized carbons (Fsp3) is 0.179. The first-order valence-corrected chi connectivity index (χ1v) is 12.1. The molecule has 8 heteroatoms. The van der Waals surface area contributed by atoms with Crippen LogP contribution in [0.4, 0.5) is 4.79 Å². The average Bonchev–Trinajstić information content (AvgIpc) is 3.13. The summed E-state index contributed by atoms with van der Waals surface area (Å²) in [4.78, 5) is 39.2. The zero-order valence-electron chi connectivity index (χ0n) is 20.1. The molecule has 0 spiro atoms. The number of hydrogen-bond acceptors (Lipinski definition) is 7. The summed E-state index contributed by atoms with van der Waals surface area (Å²) in [6, 6.07) is 19.6. The summed E-state index contributed by atoms with van der Waals surface area (Å²) in [5.74, 6) is 0.376. The Bertz CT molecular complexity index is 1330. The van der Waals surface area contributed by atoms with Crippen molar-refractivity contribution < 1.29 is 28.6 Å². The second-order valence-electron chi connectivity index (χ2n) is 8.16. The molecule has 1 aliphatic heterocycles. The van der Waals surface area contributed by atoms with Crippen molar-refractivity contribution in [1.29, 1.82) is 0 Å². The molecular formula is C28H25NO6S. The fourth-order valence-electron chi connectivity index (χ4n) is 3.52. The van der Waals surface area contributed by atoms with Crippen LogP contribution in [0, 0.1) is 13.8 Å². The van der Waals surface area contributed by atoms with Crippen molar-refractivity contribution in [3.8, 4) is 17.2 Å². The topological polar surface area (TPSA) is 82.1 Å². The van der Waals surface area contributed by atoms with Gasteiger partial charge in [-0.15, -0.1) is 0 Å². The van der Waals surface area contributed by atoms with Crippen LogP contribution in [-0.2, 0) is 4.79 Å². The largest absolute Gasteiger partial charge is 0.493 e. The number of ether oxygens (including phenoxy) is 3. The molecule has 1 saturated heterocycles. The van der Waals surface area contributed by atoms with Crippen molar-refractivity contribution in [2.24, 2.45) is 0 Å². The molecule has 7 nitrogen and oxygen atoms in total. The van der Waals surface area contributed by atoms with Crippen LogP contribution in [-0.4, -0.2) is 42.3 Å². The predicted molar refractivity (Wildman–Crippen MR) is 138 cm³/mol. The van der Waals surface area contributed by atoms with Crippen molar-refractivity contribution in [1.82, 2.24) is 4.90 Å². The van der Waals surface area contributed by atoms with Crippen LogP contribution >= 0.6 is 11.8 Å². The molecule has 0 bridgehead atoms. The van der Waals surface area contributed by atoms with Gasteiger partial charge in [0.25, 0.3) is 11.1 Å². The van der Waals surface area contributed by atoms with Crippen LogP contribution in [0.1, 0.15) is 27.0 Å². The van der Waals surface area contributed by atoms with Crippen LogP contribution in [0.2, 0.25) is 0 Å². The molecule has 184 valence electrons. The third-order valence-electron chi connectivity index (χ3n) is 5.42. The molecule has 3 aromatic rings. The number of carbonyl (C=O) groups is 3. The molecule has 0 saturated carbocycles. The van der Waals surface area contributed by atoms with E-state index in [2.05, 4.69) is 0 Å². The van der Waals surface area contributed by atoms with Gasteiger partial charge in [0, 0.05) is 0 Å². The lowest BCUT2D eigenvalue weighted by Crippen LogP contribution is -2.32. The minimum atomic E-state index is -0.501. The molecule has 1 fully saturated rings. The molecular weight excluding hydrogens is 478 g/mol. The van der Waals surface area contributed by atoms with Gasteiger partial charge in [0.05, 0.1) is 24.1 Å². The Labute approximate surface area is 213 Å². The monoisotopic (exact) mass is 503 g/mol. The van der Waals surface area contributed by atoms with Crippen LogP contribution < -0.4 is 14.2 Å². The molecule has 36 heavy (non-hydrogen) atoms. The molecule has 0 atom stereocenters. The summed E-state index contributed by atoms with van der Waals surface area (Å²) in [5, 5.41) is -0.352. The molecule has 0 radical (unpaired) electrons. The number of carbonyl (C=O) groups excluding carboxylic acids is 3. The number of nitrogens with zero attached hydrogens (tertiary/aromatic N) is 1. The summed E-state index contributed by atoms with van der Waals surface area (Å²) in [7, 11) is 1.46. The number of methoxy groups -OCH3 is 1. The van der Waals surface area contributed by atoms with Gasteiger partial charge in [-0.25, -0.2) is 4.79 Å². The first-order valence-electron chi connectivity index (χ1n) is 11.3. The number of imide groups is 1. The number of aryl methyl sites for hydroxylation is 2. The van der Waals surface area contributed by atoms with E-state index >= 15 is 0 Å². The molecule has 3 aromatic carbocycles. The molecule has 4 rings (SSSR count). The van der Waals surface area contributed by atoms with Gasteiger partial charge in [-0.2, -0.15) is 0 Å². The Balaban J connectivity index is 1.42. The van der Waals surface area contributed by atoms with E-state index in [4.69, 9.17) is 14.2 Å². The van der Waals surface area contributed by atoms with Crippen LogP contribution in [0.3, 0.4) is 0 Å². The molecule has 1 heterocycles. The predicted octanol–water partition coefficient (Wildman–Crippen LogP) is 5.65. The summed E-state index contributed by atoms with van der Waals surface area (Å²) in [6.07, 6.45) is 1.61. The summed E-state index contributed by atoms with van der Waals surface area (Å²) >= 11 is 0.869. The Morgan fingerprint density at radius 3 is 2.44 bits per heavy atom. The summed E-state index contributed by atoms with van der Waals surface area (Å²) in [5.41, 5.74) is 3.12. The second-order valence-corrected chi connectivity index (χ2v) is 9.16. The third-order valence-corrected chi connectivity index (χ3v) is 6.33. The van der Waals surface area contributed by atoms with E-state index in [1.807, 2.05) is 44.2 Å². The Morgan fingerprint density at radius 1 is 0.944 bits per heavy atom. The average molecular weight is 504 g/mol. The fourth-order valence-corrected chi connectivity index (χ4v) is 4.39. The number of rotatable bonds is 8. The lowest BCUT2D eigenvalue weighted by molar-refractivity contribution is -0.123. The van der Waals surface area contributed by atoms with E-state index in [-0.39, 0.29) is 30.0 Å². The molecule has 1 aliphatic rings. The van der Waals surface area contributed by atoms with Gasteiger partial charge in [-0.1, -0.05) is 41.5 Å². The Hall–Kier alpha value is -4.04. The van der Waals surface area contributed by atoms with E-state index in [0.717, 1.165) is 22.9 Å². The van der Waals surface area contributed by atoms with Gasteiger partial charge < -0.3 is 14.2 Å². The van der Waals surface area contributed by atoms with Gasteiger partial charge in [0.1, 0.15) is 12.4 Å². The second kappa shape index (κ2) is 11.1. The van der Waals surface area contributed by atoms with E-state index in [1.165, 1.54) is 12.0 Å². The molecule has 2 amide bonds. The zero-order chi connectivity index (χ0) is 25.7. The zero-order valence-corrected chi connectivity index (χ0v) is 21.0. The van der Waals surface area contributed by atoms with Crippen LogP contribution in [0.25, 0.3) is 6.08 Å². The summed E-state index contributed by atoms with van der Waals surface area (Å²) in [6.45, 7) is 4.22. The van der Waals surface area contributed by atoms with Gasteiger partial charge in [0.2, 0.25) is 0 Å². The van der Waals surface area contributed by atoms with Crippen molar-refractivity contribution in [2.45, 2.75) is 13.8 Å². The highest BCUT2D eigenvalue weighted by molar-refractivity contribution is 8.18. The van der Waals surface area contributed by atoms with E-state index < -0.39 is 5.97 Å². The van der Waals surface area contributed by atoms with Gasteiger partial charge in [0.15, 0.2) is 11.5 Å². The number of thioether (sulfide) groups is 1. The third kappa shape index (κ3) is 5.95. The first kappa shape index (κ1) is 25.1. The quantitative estimate of drug-likeness (QED) is 0.223. The first-order chi connectivity index (χ1) is 17.3. The Kier molecular flexibility index (Phi) is 7.75. The van der Waals surface area contributed by atoms with Crippen molar-refractivity contribution >= 4 is 35.0 Å². The van der Waals surface area contributed by atoms with Gasteiger partial charge in [-0.3, -0.25) is 14.5 Å². The van der Waals surface area contributed by atoms with Crippen molar-refractivity contribution in [3.05, 3.63) is 93.9 Å². The number of amides is 2. The number of esters is 1. The van der Waals surface area contributed by atoms with Crippen LogP contribution in [0.15, 0.2) is 71.6 Å². The normalized spacial score (nSPS) is 14.3. The maximum absolute atomic E-state index is 12.8. The van der Waals surface area contributed by atoms with E-state index in [0.29, 0.717) is 27.5 Å². The highest BCUT2D eigenvalue weighted by atomic mass is 32.2. The lowest BCUT2D eigenvalue weighted by Gasteiger charge is -2.13. The summed E-state index contributed by atoms with van der Waals surface area (Å²) < 4.78 is 16.6. The van der Waals surface area contributed by atoms with Gasteiger partial charge in [-0.05, 0) is 73.6 Å². The van der Waals surface area contributed by atoms with E-state index in [9.17, 15) is 14.4 Å². The number of benzene rings is 3.